The van der Waals surface area contributed by atoms with E-state index in [9.17, 15) is 5.11 Å². The van der Waals surface area contributed by atoms with Gasteiger partial charge in [-0.15, -0.1) is 0 Å². The van der Waals surface area contributed by atoms with Gasteiger partial charge in [-0.2, -0.15) is 0 Å². The van der Waals surface area contributed by atoms with Crippen molar-refractivity contribution in [2.45, 2.75) is 32.3 Å². The van der Waals surface area contributed by atoms with E-state index in [1.165, 1.54) is 12.8 Å². The first-order valence-corrected chi connectivity index (χ1v) is 5.08. The van der Waals surface area contributed by atoms with Crippen LogP contribution >= 0.6 is 0 Å². The Kier molecular flexibility index (Phi) is 1.92. The number of aliphatic hydroxyl groups is 1. The molecule has 2 rings (SSSR count). The summed E-state index contributed by atoms with van der Waals surface area (Å²) in [4.78, 5) is 0. The first-order valence-electron chi connectivity index (χ1n) is 5.08. The van der Waals surface area contributed by atoms with Gasteiger partial charge >= 0.3 is 0 Å². The molecule has 0 aromatic carbocycles. The van der Waals surface area contributed by atoms with E-state index in [0.29, 0.717) is 17.8 Å². The Morgan fingerprint density at radius 3 is 2.08 bits per heavy atom. The van der Waals surface area contributed by atoms with Gasteiger partial charge in [0.25, 0.3) is 0 Å². The lowest BCUT2D eigenvalue weighted by molar-refractivity contribution is -0.0918. The van der Waals surface area contributed by atoms with Crippen molar-refractivity contribution in [2.75, 3.05) is 13.1 Å². The second-order valence-electron chi connectivity index (χ2n) is 4.62. The van der Waals surface area contributed by atoms with Gasteiger partial charge < -0.3 is 10.4 Å². The van der Waals surface area contributed by atoms with Gasteiger partial charge in [-0.05, 0) is 30.6 Å². The molecule has 1 heterocycles. The summed E-state index contributed by atoms with van der Waals surface area (Å²) < 4.78 is 0. The molecule has 0 aromatic rings. The van der Waals surface area contributed by atoms with Crippen LogP contribution in [0.5, 0.6) is 0 Å². The normalized spacial score (nSPS) is 49.2. The minimum Gasteiger partial charge on any atom is -0.389 e. The number of hydrogen-bond donors (Lipinski definition) is 2. The molecule has 1 aliphatic heterocycles. The molecular formula is C10H19NO. The lowest BCUT2D eigenvalue weighted by Gasteiger charge is -2.44. The lowest BCUT2D eigenvalue weighted by Crippen LogP contribution is -2.56. The molecule has 0 aromatic heterocycles. The van der Waals surface area contributed by atoms with E-state index in [0.717, 1.165) is 13.1 Å². The summed E-state index contributed by atoms with van der Waals surface area (Å²) in [5.74, 6) is 1.45. The van der Waals surface area contributed by atoms with Crippen LogP contribution in [0.25, 0.3) is 0 Å². The monoisotopic (exact) mass is 169 g/mol. The Morgan fingerprint density at radius 1 is 1.17 bits per heavy atom. The van der Waals surface area contributed by atoms with E-state index in [2.05, 4.69) is 19.2 Å². The average molecular weight is 169 g/mol. The van der Waals surface area contributed by atoms with Gasteiger partial charge in [-0.1, -0.05) is 13.8 Å². The fourth-order valence-electron chi connectivity index (χ4n) is 2.68. The van der Waals surface area contributed by atoms with Crippen LogP contribution in [-0.4, -0.2) is 23.8 Å². The van der Waals surface area contributed by atoms with E-state index in [1.54, 1.807) is 0 Å². The minimum absolute atomic E-state index is 0.356. The summed E-state index contributed by atoms with van der Waals surface area (Å²) in [6.45, 7) is 6.30. The topological polar surface area (TPSA) is 32.3 Å². The van der Waals surface area contributed by atoms with Crippen LogP contribution in [0.3, 0.4) is 0 Å². The molecule has 0 amide bonds. The van der Waals surface area contributed by atoms with Crippen molar-refractivity contribution in [1.82, 2.24) is 5.32 Å². The SMILES string of the molecule is CC1CNCC(C)C1(O)C1CC1. The Hall–Kier alpha value is -0.0800. The number of piperidine rings is 1. The number of hydrogen-bond acceptors (Lipinski definition) is 2. The lowest BCUT2D eigenvalue weighted by atomic mass is 9.72. The van der Waals surface area contributed by atoms with Crippen molar-refractivity contribution >= 4 is 0 Å². The molecule has 2 aliphatic rings. The molecule has 12 heavy (non-hydrogen) atoms. The van der Waals surface area contributed by atoms with Crippen LogP contribution in [-0.2, 0) is 0 Å². The molecule has 0 spiro atoms. The maximum absolute atomic E-state index is 10.5. The summed E-state index contributed by atoms with van der Waals surface area (Å²) in [5, 5.41) is 13.9. The standard InChI is InChI=1S/C10H19NO/c1-7-5-11-6-8(2)10(7,12)9-3-4-9/h7-9,11-12H,3-6H2,1-2H3. The van der Waals surface area contributed by atoms with E-state index in [1.807, 2.05) is 0 Å². The third kappa shape index (κ3) is 1.09. The first kappa shape index (κ1) is 8.52. The average Bonchev–Trinajstić information content (AvgIpc) is 2.82. The molecule has 2 heteroatoms. The zero-order chi connectivity index (χ0) is 8.77. The number of rotatable bonds is 1. The Bertz CT molecular complexity index is 167. The van der Waals surface area contributed by atoms with Crippen LogP contribution in [0.15, 0.2) is 0 Å². The van der Waals surface area contributed by atoms with Crippen molar-refractivity contribution in [3.8, 4) is 0 Å². The van der Waals surface area contributed by atoms with Gasteiger partial charge in [0.05, 0.1) is 5.60 Å². The van der Waals surface area contributed by atoms with Gasteiger partial charge in [0.1, 0.15) is 0 Å². The van der Waals surface area contributed by atoms with E-state index in [4.69, 9.17) is 0 Å². The zero-order valence-electron chi connectivity index (χ0n) is 8.01. The van der Waals surface area contributed by atoms with Gasteiger partial charge in [0, 0.05) is 13.1 Å². The summed E-state index contributed by atoms with van der Waals surface area (Å²) >= 11 is 0. The third-order valence-electron chi connectivity index (χ3n) is 3.71. The second kappa shape index (κ2) is 2.71. The van der Waals surface area contributed by atoms with Crippen LogP contribution in [0.1, 0.15) is 26.7 Å². The molecule has 2 atom stereocenters. The fourth-order valence-corrected chi connectivity index (χ4v) is 2.68. The molecule has 2 fully saturated rings. The molecule has 2 nitrogen and oxygen atoms in total. The van der Waals surface area contributed by atoms with Crippen LogP contribution < -0.4 is 5.32 Å². The smallest absolute Gasteiger partial charge is 0.0750 e. The molecule has 0 bridgehead atoms. The highest BCUT2D eigenvalue weighted by Gasteiger charge is 2.51. The van der Waals surface area contributed by atoms with E-state index in [-0.39, 0.29) is 5.60 Å². The van der Waals surface area contributed by atoms with Crippen molar-refractivity contribution in [1.29, 1.82) is 0 Å². The highest BCUT2D eigenvalue weighted by atomic mass is 16.3. The van der Waals surface area contributed by atoms with Crippen LogP contribution in [0.2, 0.25) is 0 Å². The summed E-state index contributed by atoms with van der Waals surface area (Å²) in [7, 11) is 0. The maximum atomic E-state index is 10.5. The van der Waals surface area contributed by atoms with Gasteiger partial charge in [0.15, 0.2) is 0 Å². The molecule has 2 unspecified atom stereocenters. The molecule has 1 saturated heterocycles. The molecule has 1 saturated carbocycles. The number of nitrogens with one attached hydrogen (secondary N) is 1. The van der Waals surface area contributed by atoms with Crippen molar-refractivity contribution in [2.24, 2.45) is 17.8 Å². The Balaban J connectivity index is 2.15. The zero-order valence-corrected chi connectivity index (χ0v) is 8.01. The quantitative estimate of drug-likeness (QED) is 0.614. The van der Waals surface area contributed by atoms with Crippen LogP contribution in [0, 0.1) is 17.8 Å². The largest absolute Gasteiger partial charge is 0.389 e. The van der Waals surface area contributed by atoms with Crippen molar-refractivity contribution in [3.05, 3.63) is 0 Å². The minimum atomic E-state index is -0.356. The van der Waals surface area contributed by atoms with Crippen LogP contribution in [0.4, 0.5) is 0 Å². The second-order valence-corrected chi connectivity index (χ2v) is 4.62. The maximum Gasteiger partial charge on any atom is 0.0750 e. The summed E-state index contributed by atoms with van der Waals surface area (Å²) in [6.07, 6.45) is 2.48. The molecular weight excluding hydrogens is 150 g/mol. The van der Waals surface area contributed by atoms with Crippen molar-refractivity contribution < 1.29 is 5.11 Å². The van der Waals surface area contributed by atoms with E-state index < -0.39 is 0 Å². The third-order valence-corrected chi connectivity index (χ3v) is 3.71. The van der Waals surface area contributed by atoms with Gasteiger partial charge in [-0.25, -0.2) is 0 Å². The summed E-state index contributed by atoms with van der Waals surface area (Å²) in [6, 6.07) is 0. The highest BCUT2D eigenvalue weighted by Crippen LogP contribution is 2.48. The van der Waals surface area contributed by atoms with Crippen molar-refractivity contribution in [3.63, 3.8) is 0 Å². The van der Waals surface area contributed by atoms with Gasteiger partial charge in [0.2, 0.25) is 0 Å². The molecule has 1 aliphatic carbocycles. The fraction of sp³-hybridized carbons (Fsp3) is 1.00. The van der Waals surface area contributed by atoms with E-state index >= 15 is 0 Å². The predicted octanol–water partition coefficient (Wildman–Crippen LogP) is 1.00. The molecule has 70 valence electrons. The predicted molar refractivity (Wildman–Crippen MR) is 48.9 cm³/mol. The first-order chi connectivity index (χ1) is 5.65. The summed E-state index contributed by atoms with van der Waals surface area (Å²) in [5.41, 5.74) is -0.356. The highest BCUT2D eigenvalue weighted by molar-refractivity contribution is 5.03. The molecule has 2 N–H and O–H groups in total. The molecule has 0 radical (unpaired) electrons. The Labute approximate surface area is 74.4 Å². The van der Waals surface area contributed by atoms with Gasteiger partial charge in [-0.3, -0.25) is 0 Å². The Morgan fingerprint density at radius 2 is 1.67 bits per heavy atom.